The highest BCUT2D eigenvalue weighted by Gasteiger charge is 2.37. The van der Waals surface area contributed by atoms with E-state index in [1.807, 2.05) is 6.07 Å². The maximum Gasteiger partial charge on any atom is 0.420 e. The number of pyridine rings is 1. The minimum Gasteiger partial charge on any atom is -0.348 e. The van der Waals surface area contributed by atoms with E-state index in [4.69, 9.17) is 16.9 Å². The summed E-state index contributed by atoms with van der Waals surface area (Å²) in [5, 5.41) is 11.9. The summed E-state index contributed by atoms with van der Waals surface area (Å²) in [6.45, 7) is 0.256. The lowest BCUT2D eigenvalue weighted by Crippen LogP contribution is -2.48. The summed E-state index contributed by atoms with van der Waals surface area (Å²) in [4.78, 5) is 15.6. The summed E-state index contributed by atoms with van der Waals surface area (Å²) >= 11 is 6.17. The first-order valence-corrected chi connectivity index (χ1v) is 12.0. The molecule has 0 aliphatic carbocycles. The molecule has 0 radical (unpaired) electrons. The fourth-order valence-electron chi connectivity index (χ4n) is 3.58. The lowest BCUT2D eigenvalue weighted by molar-refractivity contribution is -0.137. The Bertz CT molecular complexity index is 1310. The molecule has 1 aliphatic rings. The van der Waals surface area contributed by atoms with Crippen molar-refractivity contribution in [1.82, 2.24) is 28.8 Å². The number of halogens is 5. The second-order valence-electron chi connectivity index (χ2n) is 7.59. The number of nitrogens with one attached hydrogen (secondary N) is 1. The normalized spacial score (nSPS) is 19.8. The molecule has 0 amide bonds. The van der Waals surface area contributed by atoms with E-state index >= 15 is 0 Å². The molecule has 0 spiro atoms. The zero-order valence-electron chi connectivity index (χ0n) is 18.0. The number of piperidine rings is 1. The van der Waals surface area contributed by atoms with Crippen molar-refractivity contribution in [3.05, 3.63) is 47.3 Å². The fourth-order valence-corrected chi connectivity index (χ4v) is 4.55. The number of nitriles is 1. The zero-order valence-corrected chi connectivity index (χ0v) is 19.6. The van der Waals surface area contributed by atoms with E-state index in [2.05, 4.69) is 25.3 Å². The Kier molecular flexibility index (Phi) is 7.02. The third kappa shape index (κ3) is 5.26. The van der Waals surface area contributed by atoms with Crippen LogP contribution in [0.4, 0.5) is 23.5 Å². The number of hydrogen-bond donors (Lipinski definition) is 1. The molecule has 35 heavy (non-hydrogen) atoms. The minimum absolute atomic E-state index is 0.00776. The lowest BCUT2D eigenvalue weighted by Gasteiger charge is -2.33. The van der Waals surface area contributed by atoms with Crippen LogP contribution in [0.1, 0.15) is 17.7 Å². The van der Waals surface area contributed by atoms with Crippen LogP contribution in [0.5, 0.6) is 0 Å². The van der Waals surface area contributed by atoms with Crippen molar-refractivity contribution in [2.45, 2.75) is 24.8 Å². The predicted octanol–water partition coefficient (Wildman–Crippen LogP) is 3.39. The summed E-state index contributed by atoms with van der Waals surface area (Å²) in [5.74, 6) is -0.199. The van der Waals surface area contributed by atoms with Crippen LogP contribution in [0.2, 0.25) is 5.02 Å². The van der Waals surface area contributed by atoms with Gasteiger partial charge in [0.1, 0.15) is 40.5 Å². The summed E-state index contributed by atoms with van der Waals surface area (Å²) in [6.07, 6.45) is -0.0481. The second kappa shape index (κ2) is 9.84. The zero-order chi connectivity index (χ0) is 25.3. The fraction of sp³-hybridized carbons (Fsp3) is 0.350. The van der Waals surface area contributed by atoms with E-state index in [-0.39, 0.29) is 35.3 Å². The Labute approximate surface area is 204 Å². The molecular weight excluding hydrogens is 512 g/mol. The van der Waals surface area contributed by atoms with Gasteiger partial charge in [0, 0.05) is 37.9 Å². The predicted molar refractivity (Wildman–Crippen MR) is 120 cm³/mol. The van der Waals surface area contributed by atoms with Crippen LogP contribution in [-0.4, -0.2) is 64.6 Å². The van der Waals surface area contributed by atoms with Gasteiger partial charge in [-0.25, -0.2) is 32.8 Å². The third-order valence-electron chi connectivity index (χ3n) is 5.35. The summed E-state index contributed by atoms with van der Waals surface area (Å²) < 4.78 is 70.1. The van der Waals surface area contributed by atoms with Crippen LogP contribution in [0.3, 0.4) is 0 Å². The molecule has 0 aromatic carbocycles. The molecule has 184 valence electrons. The number of hydrogen-bond acceptors (Lipinski definition) is 7. The number of alkyl halides is 4. The van der Waals surface area contributed by atoms with Gasteiger partial charge in [-0.05, 0) is 12.5 Å². The Balaban J connectivity index is 1.67. The number of nitrogens with zero attached hydrogens (tertiary/aromatic N) is 7. The molecule has 0 bridgehead atoms. The van der Waals surface area contributed by atoms with Gasteiger partial charge in [0.05, 0.1) is 22.7 Å². The van der Waals surface area contributed by atoms with Gasteiger partial charge in [-0.2, -0.15) is 18.4 Å². The quantitative estimate of drug-likeness (QED) is 0.505. The molecule has 4 rings (SSSR count). The SMILES string of the molecule is CS(=O)N1CCC(Nc2ncc(C(F)(F)F)c(-c3cn(-c4ccnc(C#N)c4Cl)cn3)n2)C(F)C1. The Morgan fingerprint density at radius 3 is 2.74 bits per heavy atom. The summed E-state index contributed by atoms with van der Waals surface area (Å²) in [6, 6.07) is 2.54. The minimum atomic E-state index is -4.78. The van der Waals surface area contributed by atoms with Crippen LogP contribution in [0.25, 0.3) is 17.1 Å². The Hall–Kier alpha value is -3.15. The average molecular weight is 529 g/mol. The first-order valence-electron chi connectivity index (χ1n) is 10.1. The van der Waals surface area contributed by atoms with Crippen LogP contribution in [-0.2, 0) is 17.2 Å². The van der Waals surface area contributed by atoms with Crippen LogP contribution in [0, 0.1) is 11.3 Å². The van der Waals surface area contributed by atoms with Crippen molar-refractivity contribution in [3.63, 3.8) is 0 Å². The molecule has 3 aromatic rings. The lowest BCUT2D eigenvalue weighted by atomic mass is 10.1. The molecule has 15 heteroatoms. The highest BCUT2D eigenvalue weighted by Crippen LogP contribution is 2.36. The van der Waals surface area contributed by atoms with Crippen LogP contribution < -0.4 is 5.32 Å². The molecule has 3 aromatic heterocycles. The van der Waals surface area contributed by atoms with E-state index in [0.29, 0.717) is 18.4 Å². The highest BCUT2D eigenvalue weighted by molar-refractivity contribution is 7.81. The van der Waals surface area contributed by atoms with Crippen LogP contribution in [0.15, 0.2) is 31.0 Å². The maximum absolute atomic E-state index is 14.6. The van der Waals surface area contributed by atoms with E-state index in [1.54, 1.807) is 0 Å². The molecular formula is C20H17ClF4N8OS. The first-order chi connectivity index (χ1) is 16.6. The molecule has 1 N–H and O–H groups in total. The van der Waals surface area contributed by atoms with Crippen molar-refractivity contribution in [1.29, 1.82) is 5.26 Å². The Morgan fingerprint density at radius 1 is 1.31 bits per heavy atom. The van der Waals surface area contributed by atoms with E-state index < -0.39 is 40.6 Å². The highest BCUT2D eigenvalue weighted by atomic mass is 35.5. The molecule has 1 aliphatic heterocycles. The van der Waals surface area contributed by atoms with Gasteiger partial charge in [0.2, 0.25) is 5.95 Å². The van der Waals surface area contributed by atoms with Crippen molar-refractivity contribution >= 4 is 28.5 Å². The van der Waals surface area contributed by atoms with Gasteiger partial charge >= 0.3 is 6.18 Å². The molecule has 9 nitrogen and oxygen atoms in total. The second-order valence-corrected chi connectivity index (χ2v) is 9.33. The van der Waals surface area contributed by atoms with E-state index in [0.717, 1.165) is 0 Å². The van der Waals surface area contributed by atoms with Crippen molar-refractivity contribution in [2.75, 3.05) is 24.7 Å². The van der Waals surface area contributed by atoms with Gasteiger partial charge in [-0.15, -0.1) is 0 Å². The average Bonchev–Trinajstić information content (AvgIpc) is 3.29. The molecule has 4 heterocycles. The first kappa shape index (κ1) is 25.0. The summed E-state index contributed by atoms with van der Waals surface area (Å²) in [5.41, 5.74) is -1.54. The van der Waals surface area contributed by atoms with Crippen LogP contribution >= 0.6 is 11.6 Å². The monoisotopic (exact) mass is 528 g/mol. The molecule has 3 atom stereocenters. The molecule has 1 saturated heterocycles. The van der Waals surface area contributed by atoms with Crippen molar-refractivity contribution in [2.24, 2.45) is 0 Å². The van der Waals surface area contributed by atoms with Crippen molar-refractivity contribution < 1.29 is 21.8 Å². The number of anilines is 1. The number of rotatable bonds is 5. The molecule has 1 fully saturated rings. The largest absolute Gasteiger partial charge is 0.420 e. The standard InChI is InChI=1S/C20H17ClF4N8OS/c1-35(34)33-5-3-13(12(22)8-33)30-19-28-7-11(20(23,24)25)18(31-19)15-9-32(10-29-15)16-2-4-27-14(6-26)17(16)21/h2,4,7,9-10,12-13H,3,5,8H2,1H3,(H,28,30,31). The van der Waals surface area contributed by atoms with Gasteiger partial charge in [-0.1, -0.05) is 11.6 Å². The summed E-state index contributed by atoms with van der Waals surface area (Å²) in [7, 11) is -1.33. The maximum atomic E-state index is 14.6. The number of imidazole rings is 1. The smallest absolute Gasteiger partial charge is 0.348 e. The van der Waals surface area contributed by atoms with Gasteiger partial charge in [0.25, 0.3) is 0 Å². The van der Waals surface area contributed by atoms with E-state index in [9.17, 15) is 21.8 Å². The molecule has 3 unspecified atom stereocenters. The topological polar surface area (TPSA) is 113 Å². The van der Waals surface area contributed by atoms with Gasteiger partial charge < -0.3 is 9.88 Å². The van der Waals surface area contributed by atoms with Crippen molar-refractivity contribution in [3.8, 4) is 23.1 Å². The number of aromatic nitrogens is 5. The van der Waals surface area contributed by atoms with Gasteiger partial charge in [0.15, 0.2) is 5.69 Å². The Morgan fingerprint density at radius 2 is 2.09 bits per heavy atom. The molecule has 0 saturated carbocycles. The van der Waals surface area contributed by atoms with E-state index in [1.165, 1.54) is 39.9 Å². The third-order valence-corrected chi connectivity index (χ3v) is 6.79. The van der Waals surface area contributed by atoms with Gasteiger partial charge in [-0.3, -0.25) is 0 Å².